The SMILES string of the molecule is O=C(Nc1cc(S(=O)(=O)[O-])cc2cc(SOO[O-])cc(SOO[O-])c12)c1cc(C(=O)Nc2cc(SOO[O-])cc3cc(S(=O)(=O)[O-])cc(SOO[O-])c23)cc(C(=O)Nc2cc(SOO[O-])cc3cc(SOO[O-])cc(S(=O)(=O)[O-])c23)c1.[Na+].[Na+].[Na+].[Na+].[Na+].[Na+].[Na+].[Na+].[Na+]. The standard InChI is InChI=1S/C39H27N3O30S9.9Na/c43-37(40-28-10-23(74-68-62-47)6-17-9-27(80(55,56)57)15-32(34(17)28)78-72-66-51)19-1-20(38(44)41-29-11-22(73-67-61-46)4-16-5-25(76-70-64-49)13-33(36(16)29)81(58,59)60)3-21(2-19)39(45)42-30-14-26(79(52,53)54)8-18-7-24(75-69-63-48)12-31(35(18)30)77-71-65-50;;;;;;;;;/h1-15,46-51H,(H,40,43)(H,41,44)(H,42,45)(H,52,53,54)(H,55,56,57)(H,58,59,60);;;;;;;;;/q;9*+1/p-9. The van der Waals surface area contributed by atoms with Gasteiger partial charge in [0, 0.05) is 62.2 Å². The third-order valence-corrected chi connectivity index (χ3v) is 16.1. The molecule has 0 spiro atoms. The summed E-state index contributed by atoms with van der Waals surface area (Å²) >= 11 is 0.975. The number of rotatable bonds is 27. The third kappa shape index (κ3) is 27.6. The van der Waals surface area contributed by atoms with Gasteiger partial charge in [0.1, 0.15) is 30.4 Å². The molecule has 90 heavy (non-hydrogen) atoms. The molecule has 0 atom stereocenters. The predicted molar refractivity (Wildman–Crippen MR) is 254 cm³/mol. The largest absolute Gasteiger partial charge is 1.00 e. The van der Waals surface area contributed by atoms with Gasteiger partial charge in [0.05, 0.1) is 104 Å². The fourth-order valence-electron chi connectivity index (χ4n) is 7.29. The molecular formula is C39H18N3Na9O30S9. The molecule has 33 nitrogen and oxygen atoms in total. The first-order chi connectivity index (χ1) is 38.5. The van der Waals surface area contributed by atoms with Crippen molar-refractivity contribution >= 4 is 170 Å². The Morgan fingerprint density at radius 2 is 0.600 bits per heavy atom. The van der Waals surface area contributed by atoms with Crippen molar-refractivity contribution in [2.24, 2.45) is 0 Å². The van der Waals surface area contributed by atoms with Crippen LogP contribution in [0.1, 0.15) is 31.1 Å². The van der Waals surface area contributed by atoms with Gasteiger partial charge in [-0.3, -0.25) is 44.6 Å². The van der Waals surface area contributed by atoms with Crippen molar-refractivity contribution < 1.29 is 407 Å². The van der Waals surface area contributed by atoms with Crippen molar-refractivity contribution in [3.63, 3.8) is 0 Å². The van der Waals surface area contributed by atoms with Gasteiger partial charge in [-0.2, -0.15) is 26.0 Å². The normalized spacial score (nSPS) is 10.9. The Hall–Kier alpha value is 3.84. The summed E-state index contributed by atoms with van der Waals surface area (Å²) in [6.07, 6.45) is 0. The van der Waals surface area contributed by atoms with E-state index in [4.69, 9.17) is 0 Å². The maximum Gasteiger partial charge on any atom is 1.00 e. The van der Waals surface area contributed by atoms with Crippen LogP contribution < -0.4 is 314 Å². The Bertz CT molecular complexity index is 3920. The van der Waals surface area contributed by atoms with Crippen molar-refractivity contribution in [2.45, 2.75) is 44.1 Å². The van der Waals surface area contributed by atoms with Gasteiger partial charge in [0.25, 0.3) is 17.7 Å². The van der Waals surface area contributed by atoms with Crippen LogP contribution in [0, 0.1) is 0 Å². The minimum absolute atomic E-state index is 0. The van der Waals surface area contributed by atoms with E-state index >= 15 is 0 Å². The molecule has 0 aliphatic heterocycles. The van der Waals surface area contributed by atoms with E-state index in [1.807, 2.05) is 0 Å². The summed E-state index contributed by atoms with van der Waals surface area (Å²) in [5.41, 5.74) is -3.65. The summed E-state index contributed by atoms with van der Waals surface area (Å²) in [4.78, 5) is 39.6. The molecule has 7 rings (SSSR count). The molecule has 7 aromatic carbocycles. The number of carbonyl (C=O) groups is 3. The van der Waals surface area contributed by atoms with Gasteiger partial charge in [-0.25, -0.2) is 25.3 Å². The van der Waals surface area contributed by atoms with Crippen LogP contribution in [0.5, 0.6) is 0 Å². The molecule has 0 saturated carbocycles. The minimum atomic E-state index is -5.54. The average molecular weight is 1500 g/mol. The predicted octanol–water partition coefficient (Wildman–Crippen LogP) is -26.0. The second-order valence-electron chi connectivity index (χ2n) is 14.8. The fraction of sp³-hybridized carbons (Fsp3) is 0. The van der Waals surface area contributed by atoms with E-state index in [1.165, 1.54) is 0 Å². The topological polar surface area (TPSA) is 508 Å². The number of hydrogen-bond donors (Lipinski definition) is 3. The summed E-state index contributed by atoms with van der Waals surface area (Å²) < 4.78 is 138. The molecule has 432 valence electrons. The van der Waals surface area contributed by atoms with Gasteiger partial charge >= 0.3 is 266 Å². The number of carbonyl (C=O) groups excluding carboxylic acids is 3. The first-order valence-electron chi connectivity index (χ1n) is 20.1. The van der Waals surface area contributed by atoms with E-state index in [0.29, 0.717) is 12.1 Å². The van der Waals surface area contributed by atoms with Crippen LogP contribution in [-0.2, 0) is 86.6 Å². The van der Waals surface area contributed by atoms with Crippen molar-refractivity contribution in [1.82, 2.24) is 0 Å². The monoisotopic (exact) mass is 1500 g/mol. The van der Waals surface area contributed by atoms with Crippen LogP contribution in [0.4, 0.5) is 17.1 Å². The number of fused-ring (bicyclic) bond motifs is 3. The van der Waals surface area contributed by atoms with E-state index in [2.05, 4.69) is 72.2 Å². The second-order valence-corrected chi connectivity index (χ2v) is 23.5. The summed E-state index contributed by atoms with van der Waals surface area (Å²) in [6, 6.07) is 13.7. The molecule has 0 bridgehead atoms. The molecule has 3 amide bonds. The van der Waals surface area contributed by atoms with Crippen LogP contribution in [0.25, 0.3) is 32.3 Å². The van der Waals surface area contributed by atoms with Gasteiger partial charge in [-0.05, 0) is 107 Å². The van der Waals surface area contributed by atoms with E-state index in [9.17, 15) is 84.8 Å². The van der Waals surface area contributed by atoms with Crippen LogP contribution in [0.3, 0.4) is 0 Å². The molecule has 0 aliphatic rings. The zero-order valence-corrected chi connectivity index (χ0v) is 72.4. The van der Waals surface area contributed by atoms with Crippen molar-refractivity contribution in [2.75, 3.05) is 16.0 Å². The van der Waals surface area contributed by atoms with Gasteiger partial charge in [0.2, 0.25) is 0 Å². The van der Waals surface area contributed by atoms with Crippen molar-refractivity contribution in [1.29, 1.82) is 0 Å². The van der Waals surface area contributed by atoms with Crippen LogP contribution in [0.2, 0.25) is 0 Å². The molecule has 0 aromatic heterocycles. The molecule has 3 N–H and O–H groups in total. The van der Waals surface area contributed by atoms with Gasteiger partial charge in [-0.1, -0.05) is 0 Å². The molecule has 7 aromatic rings. The summed E-state index contributed by atoms with van der Waals surface area (Å²) in [5, 5.41) is 90.4. The van der Waals surface area contributed by atoms with Gasteiger partial charge in [0.15, 0.2) is 0 Å². The van der Waals surface area contributed by atoms with Gasteiger partial charge < -0.3 is 61.2 Å². The number of hydrogen-bond acceptors (Lipinski definition) is 36. The Labute approximate surface area is 731 Å². The Balaban J connectivity index is -0.00000841. The first-order valence-corrected chi connectivity index (χ1v) is 28.8. The van der Waals surface area contributed by atoms with Crippen molar-refractivity contribution in [3.05, 3.63) is 108 Å². The second kappa shape index (κ2) is 46.4. The molecule has 0 fully saturated rings. The summed E-state index contributed by atoms with van der Waals surface area (Å²) in [6.45, 7) is 0. The maximum absolute atomic E-state index is 14.6. The third-order valence-electron chi connectivity index (χ3n) is 10.1. The Morgan fingerprint density at radius 1 is 0.322 bits per heavy atom. The molecule has 51 heteroatoms. The van der Waals surface area contributed by atoms with Crippen molar-refractivity contribution in [3.8, 4) is 0 Å². The van der Waals surface area contributed by atoms with E-state index < -0.39 is 107 Å². The first kappa shape index (κ1) is 98.0. The van der Waals surface area contributed by atoms with Gasteiger partial charge in [-0.15, -0.1) is 0 Å². The van der Waals surface area contributed by atoms with E-state index in [-0.39, 0.29) is 390 Å². The average Bonchev–Trinajstić information content (AvgIpc) is 0.805. The zero-order valence-electron chi connectivity index (χ0n) is 47.1. The van der Waals surface area contributed by atoms with E-state index in [1.54, 1.807) is 0 Å². The molecule has 0 saturated heterocycles. The molecule has 0 aliphatic carbocycles. The summed E-state index contributed by atoms with van der Waals surface area (Å²) in [7, 11) is -16.2. The van der Waals surface area contributed by atoms with Crippen LogP contribution >= 0.6 is 72.3 Å². The number of amides is 3. The zero-order chi connectivity index (χ0) is 58.8. The molecule has 0 radical (unpaired) electrons. The number of nitrogens with one attached hydrogen (secondary N) is 3. The minimum Gasteiger partial charge on any atom is -0.744 e. The quantitative estimate of drug-likeness (QED) is 0.0141. The molecular weight excluding hydrogens is 1490 g/mol. The van der Waals surface area contributed by atoms with E-state index in [0.717, 1.165) is 78.9 Å². The Kier molecular flexibility index (Phi) is 50.6. The van der Waals surface area contributed by atoms with Crippen LogP contribution in [0.15, 0.2) is 135 Å². The fourth-order valence-corrected chi connectivity index (χ4v) is 12.3. The maximum atomic E-state index is 14.6. The molecule has 0 unspecified atom stereocenters. The summed E-state index contributed by atoms with van der Waals surface area (Å²) in [5.74, 6) is -4.02. The number of benzene rings is 7. The smallest absolute Gasteiger partial charge is 0.744 e. The molecule has 0 heterocycles. The Morgan fingerprint density at radius 3 is 0.933 bits per heavy atom. The number of anilines is 3. The van der Waals surface area contributed by atoms with Crippen LogP contribution in [-0.4, -0.2) is 56.6 Å².